The molecule has 2 fully saturated rings. The fourth-order valence-corrected chi connectivity index (χ4v) is 3.52. The van der Waals surface area contributed by atoms with Crippen LogP contribution in [0.15, 0.2) is 4.99 Å². The molecule has 0 aliphatic carbocycles. The van der Waals surface area contributed by atoms with Gasteiger partial charge in [-0.1, -0.05) is 0 Å². The third-order valence-electron chi connectivity index (χ3n) is 4.66. The second-order valence-corrected chi connectivity index (χ2v) is 6.70. The molecule has 0 aromatic heterocycles. The number of nitrogens with one attached hydrogen (secondary N) is 1. The zero-order valence-corrected chi connectivity index (χ0v) is 17.5. The van der Waals surface area contributed by atoms with Crippen molar-refractivity contribution in [3.8, 4) is 0 Å². The van der Waals surface area contributed by atoms with Crippen molar-refractivity contribution in [2.75, 3.05) is 39.3 Å². The average Bonchev–Trinajstić information content (AvgIpc) is 2.95. The first-order valence-corrected chi connectivity index (χ1v) is 9.19. The van der Waals surface area contributed by atoms with Crippen LogP contribution in [-0.4, -0.2) is 66.8 Å². The van der Waals surface area contributed by atoms with Crippen LogP contribution in [0.3, 0.4) is 0 Å². The van der Waals surface area contributed by atoms with E-state index in [1.165, 1.54) is 0 Å². The first-order valence-electron chi connectivity index (χ1n) is 9.19. The minimum atomic E-state index is -0.223. The molecule has 0 spiro atoms. The van der Waals surface area contributed by atoms with Crippen LogP contribution in [0.1, 0.15) is 45.4 Å². The zero-order valence-electron chi connectivity index (χ0n) is 15.2. The lowest BCUT2D eigenvalue weighted by molar-refractivity contribution is -0.127. The smallest absolute Gasteiger partial charge is 0.222 e. The molecule has 0 aromatic carbocycles. The lowest BCUT2D eigenvalue weighted by atomic mass is 9.95. The number of guanidine groups is 1. The molecule has 8 heteroatoms. The standard InChI is InChI=1S/C17H31N5O2.HI/c1-2-19-17(20-8-5-11-21-9-4-7-16(21)24)22-10-3-6-14(13-22)12-15(18)23;/h14H,2-13H2,1H3,(H2,18,23)(H,19,20);1H. The SMILES string of the molecule is CCNC(=NCCCN1CCCC1=O)N1CCCC(CC(N)=O)C1.I. The van der Waals surface area contributed by atoms with E-state index in [1.54, 1.807) is 0 Å². The van der Waals surface area contributed by atoms with E-state index in [-0.39, 0.29) is 35.8 Å². The van der Waals surface area contributed by atoms with Crippen LogP contribution in [-0.2, 0) is 9.59 Å². The summed E-state index contributed by atoms with van der Waals surface area (Å²) in [5.41, 5.74) is 5.34. The number of halogens is 1. The number of primary amides is 1. The lowest BCUT2D eigenvalue weighted by Gasteiger charge is -2.34. The van der Waals surface area contributed by atoms with Crippen molar-refractivity contribution in [2.45, 2.75) is 45.4 Å². The van der Waals surface area contributed by atoms with Gasteiger partial charge in [-0.05, 0) is 38.5 Å². The van der Waals surface area contributed by atoms with Gasteiger partial charge in [0.2, 0.25) is 11.8 Å². The van der Waals surface area contributed by atoms with Crippen molar-refractivity contribution in [1.82, 2.24) is 15.1 Å². The number of carbonyl (C=O) groups excluding carboxylic acids is 2. The van der Waals surface area contributed by atoms with E-state index in [4.69, 9.17) is 10.7 Å². The van der Waals surface area contributed by atoms with Crippen LogP contribution in [0.2, 0.25) is 0 Å². The molecule has 0 bridgehead atoms. The Morgan fingerprint density at radius 3 is 2.80 bits per heavy atom. The first-order chi connectivity index (χ1) is 11.6. The maximum Gasteiger partial charge on any atom is 0.222 e. The summed E-state index contributed by atoms with van der Waals surface area (Å²) in [6, 6.07) is 0. The Labute approximate surface area is 167 Å². The summed E-state index contributed by atoms with van der Waals surface area (Å²) in [4.78, 5) is 31.7. The molecular weight excluding hydrogens is 433 g/mol. The Bertz CT molecular complexity index is 472. The predicted octanol–water partition coefficient (Wildman–Crippen LogP) is 1.17. The van der Waals surface area contributed by atoms with Crippen LogP contribution < -0.4 is 11.1 Å². The number of rotatable bonds is 7. The van der Waals surface area contributed by atoms with Crippen molar-refractivity contribution < 1.29 is 9.59 Å². The first kappa shape index (κ1) is 22.0. The molecule has 3 N–H and O–H groups in total. The molecule has 7 nitrogen and oxygen atoms in total. The van der Waals surface area contributed by atoms with E-state index in [1.807, 2.05) is 4.90 Å². The highest BCUT2D eigenvalue weighted by molar-refractivity contribution is 14.0. The predicted molar refractivity (Wildman–Crippen MR) is 110 cm³/mol. The highest BCUT2D eigenvalue weighted by Crippen LogP contribution is 2.19. The third-order valence-corrected chi connectivity index (χ3v) is 4.66. The van der Waals surface area contributed by atoms with Crippen LogP contribution in [0.5, 0.6) is 0 Å². The molecule has 144 valence electrons. The second-order valence-electron chi connectivity index (χ2n) is 6.70. The van der Waals surface area contributed by atoms with Gasteiger partial charge in [-0.2, -0.15) is 0 Å². The number of piperidine rings is 1. The van der Waals surface area contributed by atoms with Gasteiger partial charge in [-0.3, -0.25) is 14.6 Å². The van der Waals surface area contributed by atoms with Crippen molar-refractivity contribution in [1.29, 1.82) is 0 Å². The third kappa shape index (κ3) is 7.37. The van der Waals surface area contributed by atoms with Crippen molar-refractivity contribution in [3.63, 3.8) is 0 Å². The number of hydrogen-bond acceptors (Lipinski definition) is 3. The zero-order chi connectivity index (χ0) is 17.4. The minimum Gasteiger partial charge on any atom is -0.370 e. The summed E-state index contributed by atoms with van der Waals surface area (Å²) >= 11 is 0. The Kier molecular flexibility index (Phi) is 10.1. The van der Waals surface area contributed by atoms with Crippen LogP contribution in [0.25, 0.3) is 0 Å². The van der Waals surface area contributed by atoms with Gasteiger partial charge in [0, 0.05) is 52.1 Å². The number of carbonyl (C=O) groups is 2. The molecule has 25 heavy (non-hydrogen) atoms. The van der Waals surface area contributed by atoms with Crippen molar-refractivity contribution in [3.05, 3.63) is 0 Å². The number of nitrogens with zero attached hydrogens (tertiary/aromatic N) is 3. The van der Waals surface area contributed by atoms with Crippen LogP contribution in [0.4, 0.5) is 0 Å². The molecule has 2 aliphatic rings. The number of amides is 2. The van der Waals surface area contributed by atoms with Gasteiger partial charge in [0.05, 0.1) is 0 Å². The van der Waals surface area contributed by atoms with E-state index in [2.05, 4.69) is 17.1 Å². The molecule has 2 aliphatic heterocycles. The molecule has 0 saturated carbocycles. The fourth-order valence-electron chi connectivity index (χ4n) is 3.52. The van der Waals surface area contributed by atoms with Crippen LogP contribution >= 0.6 is 24.0 Å². The van der Waals surface area contributed by atoms with Crippen molar-refractivity contribution >= 4 is 41.8 Å². The molecular formula is C17H32IN5O2. The minimum absolute atomic E-state index is 0. The van der Waals surface area contributed by atoms with E-state index < -0.39 is 0 Å². The topological polar surface area (TPSA) is 91.0 Å². The summed E-state index contributed by atoms with van der Waals surface area (Å²) in [6.07, 6.45) is 5.13. The lowest BCUT2D eigenvalue weighted by Crippen LogP contribution is -2.47. The van der Waals surface area contributed by atoms with Gasteiger partial charge in [0.1, 0.15) is 0 Å². The monoisotopic (exact) mass is 465 g/mol. The van der Waals surface area contributed by atoms with Gasteiger partial charge in [-0.15, -0.1) is 24.0 Å². The van der Waals surface area contributed by atoms with Gasteiger partial charge in [-0.25, -0.2) is 0 Å². The summed E-state index contributed by atoms with van der Waals surface area (Å²) in [6.45, 7) is 7.08. The molecule has 2 rings (SSSR count). The summed E-state index contributed by atoms with van der Waals surface area (Å²) < 4.78 is 0. The Hall–Kier alpha value is -1.06. The second kappa shape index (κ2) is 11.5. The average molecular weight is 465 g/mol. The van der Waals surface area contributed by atoms with Gasteiger partial charge in [0.25, 0.3) is 0 Å². The highest BCUT2D eigenvalue weighted by atomic mass is 127. The molecule has 2 amide bonds. The van der Waals surface area contributed by atoms with E-state index >= 15 is 0 Å². The normalized spacial score (nSPS) is 21.2. The Morgan fingerprint density at radius 2 is 2.16 bits per heavy atom. The molecule has 2 heterocycles. The van der Waals surface area contributed by atoms with Crippen LogP contribution in [0, 0.1) is 5.92 Å². The van der Waals surface area contributed by atoms with Crippen molar-refractivity contribution in [2.24, 2.45) is 16.6 Å². The van der Waals surface area contributed by atoms with E-state index in [0.29, 0.717) is 25.3 Å². The Morgan fingerprint density at radius 1 is 1.36 bits per heavy atom. The highest BCUT2D eigenvalue weighted by Gasteiger charge is 2.23. The maximum absolute atomic E-state index is 11.6. The summed E-state index contributed by atoms with van der Waals surface area (Å²) in [5, 5.41) is 3.34. The summed E-state index contributed by atoms with van der Waals surface area (Å²) in [7, 11) is 0. The van der Waals surface area contributed by atoms with Gasteiger partial charge < -0.3 is 20.9 Å². The number of aliphatic imine (C=N–C) groups is 1. The maximum atomic E-state index is 11.6. The largest absolute Gasteiger partial charge is 0.370 e. The van der Waals surface area contributed by atoms with Gasteiger partial charge >= 0.3 is 0 Å². The van der Waals surface area contributed by atoms with E-state index in [9.17, 15) is 9.59 Å². The molecule has 2 saturated heterocycles. The van der Waals surface area contributed by atoms with E-state index in [0.717, 1.165) is 64.4 Å². The molecule has 1 unspecified atom stereocenters. The molecule has 0 radical (unpaired) electrons. The number of hydrogen-bond donors (Lipinski definition) is 2. The molecule has 1 atom stereocenters. The molecule has 0 aromatic rings. The summed E-state index contributed by atoms with van der Waals surface area (Å²) in [5.74, 6) is 1.29. The fraction of sp³-hybridized carbons (Fsp3) is 0.824. The Balaban J connectivity index is 0.00000312. The van der Waals surface area contributed by atoms with Gasteiger partial charge in [0.15, 0.2) is 5.96 Å². The number of likely N-dealkylation sites (tertiary alicyclic amines) is 2. The number of nitrogens with two attached hydrogens (primary N) is 1. The quantitative estimate of drug-likeness (QED) is 0.256.